The fourth-order valence-corrected chi connectivity index (χ4v) is 2.13. The van der Waals surface area contributed by atoms with Crippen LogP contribution in [0, 0.1) is 5.82 Å². The van der Waals surface area contributed by atoms with Gasteiger partial charge in [-0.05, 0) is 76.2 Å². The molecule has 0 amide bonds. The van der Waals surface area contributed by atoms with E-state index in [2.05, 4.69) is 0 Å². The average Bonchev–Trinajstić information content (AvgIpc) is 2.54. The number of hydrogen-bond acceptors (Lipinski definition) is 4. The van der Waals surface area contributed by atoms with Crippen LogP contribution in [0.5, 0.6) is 5.75 Å². The summed E-state index contributed by atoms with van der Waals surface area (Å²) >= 11 is 0. The van der Waals surface area contributed by atoms with Crippen LogP contribution in [0.1, 0.15) is 43.6 Å². The lowest BCUT2D eigenvalue weighted by Crippen LogP contribution is -2.40. The molecule has 0 aromatic heterocycles. The highest BCUT2D eigenvalue weighted by molar-refractivity contribution is 6.09. The Morgan fingerprint density at radius 1 is 0.920 bits per heavy atom. The van der Waals surface area contributed by atoms with Crippen LogP contribution in [0.4, 0.5) is 4.39 Å². The normalized spacial score (nSPS) is 11.3. The molecule has 0 heterocycles. The summed E-state index contributed by atoms with van der Waals surface area (Å²) in [6.07, 6.45) is -0.230. The van der Waals surface area contributed by atoms with Gasteiger partial charge in [0, 0.05) is 11.1 Å². The number of hydrogen-bond donors (Lipinski definition) is 0. The van der Waals surface area contributed by atoms with Gasteiger partial charge in [-0.2, -0.15) is 0 Å². The molecule has 0 N–H and O–H groups in total. The third-order valence-electron chi connectivity index (χ3n) is 3.43. The van der Waals surface area contributed by atoms with Crippen molar-refractivity contribution in [3.63, 3.8) is 0 Å². The van der Waals surface area contributed by atoms with Gasteiger partial charge < -0.3 is 9.47 Å². The minimum atomic E-state index is -1.15. The maximum absolute atomic E-state index is 12.9. The maximum atomic E-state index is 12.9. The molecule has 2 aromatic rings. The number of carbonyl (C=O) groups excluding carboxylic acids is 2. The van der Waals surface area contributed by atoms with Gasteiger partial charge in [0.1, 0.15) is 11.6 Å². The van der Waals surface area contributed by atoms with Crippen LogP contribution in [0.15, 0.2) is 48.5 Å². The molecule has 132 valence electrons. The van der Waals surface area contributed by atoms with Gasteiger partial charge in [0.05, 0.1) is 6.10 Å². The quantitative estimate of drug-likeness (QED) is 0.583. The molecule has 0 atom stereocenters. The van der Waals surface area contributed by atoms with E-state index in [1.165, 1.54) is 24.3 Å². The summed E-state index contributed by atoms with van der Waals surface area (Å²) in [5.41, 5.74) is -0.301. The molecule has 2 aromatic carbocycles. The van der Waals surface area contributed by atoms with E-state index in [4.69, 9.17) is 9.47 Å². The smallest absolute Gasteiger partial charge is 0.350 e. The van der Waals surface area contributed by atoms with Gasteiger partial charge in [-0.3, -0.25) is 4.79 Å². The monoisotopic (exact) mass is 344 g/mol. The minimum absolute atomic E-state index is 0.218. The third-order valence-corrected chi connectivity index (χ3v) is 3.43. The first-order valence-corrected chi connectivity index (χ1v) is 7.99. The van der Waals surface area contributed by atoms with Gasteiger partial charge in [-0.25, -0.2) is 9.18 Å². The minimum Gasteiger partial charge on any atom is -0.476 e. The van der Waals surface area contributed by atoms with Gasteiger partial charge in [-0.1, -0.05) is 0 Å². The summed E-state index contributed by atoms with van der Waals surface area (Å²) in [5, 5.41) is 0. The van der Waals surface area contributed by atoms with E-state index in [9.17, 15) is 14.0 Å². The van der Waals surface area contributed by atoms with Crippen LogP contribution in [-0.2, 0) is 9.53 Å². The molecule has 0 saturated heterocycles. The van der Waals surface area contributed by atoms with E-state index in [-0.39, 0.29) is 11.9 Å². The van der Waals surface area contributed by atoms with Gasteiger partial charge in [0.2, 0.25) is 0 Å². The van der Waals surface area contributed by atoms with E-state index < -0.39 is 17.4 Å². The van der Waals surface area contributed by atoms with Crippen molar-refractivity contribution in [3.8, 4) is 5.75 Å². The molecule has 0 bridgehead atoms. The number of carbonyl (C=O) groups is 2. The number of ketones is 1. The van der Waals surface area contributed by atoms with Gasteiger partial charge in [0.15, 0.2) is 11.4 Å². The fraction of sp³-hybridized carbons (Fsp3) is 0.300. The Morgan fingerprint density at radius 2 is 1.40 bits per heavy atom. The van der Waals surface area contributed by atoms with E-state index in [1.54, 1.807) is 52.0 Å². The summed E-state index contributed by atoms with van der Waals surface area (Å²) in [5.74, 6) is -0.629. The molecule has 5 heteroatoms. The van der Waals surface area contributed by atoms with E-state index in [0.717, 1.165) is 0 Å². The summed E-state index contributed by atoms with van der Waals surface area (Å²) in [6.45, 7) is 6.78. The summed E-state index contributed by atoms with van der Waals surface area (Å²) in [4.78, 5) is 24.4. The van der Waals surface area contributed by atoms with Crippen molar-refractivity contribution < 1.29 is 23.5 Å². The number of rotatable bonds is 6. The number of ether oxygens (including phenoxy) is 2. The van der Waals surface area contributed by atoms with Crippen LogP contribution >= 0.6 is 0 Å². The van der Waals surface area contributed by atoms with Crippen LogP contribution in [-0.4, -0.2) is 23.5 Å². The molecule has 4 nitrogen and oxygen atoms in total. The molecule has 0 aliphatic carbocycles. The molecular weight excluding hydrogens is 323 g/mol. The van der Waals surface area contributed by atoms with Crippen molar-refractivity contribution in [1.29, 1.82) is 0 Å². The highest BCUT2D eigenvalue weighted by atomic mass is 19.1. The van der Waals surface area contributed by atoms with Gasteiger partial charge in [-0.15, -0.1) is 0 Å². The molecule has 0 aliphatic rings. The number of benzene rings is 2. The van der Waals surface area contributed by atoms with E-state index in [0.29, 0.717) is 16.9 Å². The largest absolute Gasteiger partial charge is 0.476 e. The molecule has 0 spiro atoms. The molecule has 0 aliphatic heterocycles. The Hall–Kier alpha value is -2.69. The summed E-state index contributed by atoms with van der Waals surface area (Å²) in [6, 6.07) is 11.8. The highest BCUT2D eigenvalue weighted by Crippen LogP contribution is 2.22. The second-order valence-corrected chi connectivity index (χ2v) is 6.43. The van der Waals surface area contributed by atoms with Crippen molar-refractivity contribution in [3.05, 3.63) is 65.5 Å². The van der Waals surface area contributed by atoms with Gasteiger partial charge in [0.25, 0.3) is 0 Å². The first kappa shape index (κ1) is 18.6. The number of esters is 1. The number of halogens is 1. The predicted octanol–water partition coefficient (Wildman–Crippen LogP) is 4.17. The predicted molar refractivity (Wildman–Crippen MR) is 92.2 cm³/mol. The Bertz CT molecular complexity index is 746. The summed E-state index contributed by atoms with van der Waals surface area (Å²) in [7, 11) is 0. The molecule has 25 heavy (non-hydrogen) atoms. The molecule has 2 rings (SSSR count). The standard InChI is InChI=1S/C20H21FO4/c1-13(2)24-19(23)20(3,4)25-17-11-7-15(8-12-17)18(22)14-5-9-16(21)10-6-14/h5-13H,1-4H3. The Kier molecular flexibility index (Phi) is 5.57. The first-order chi connectivity index (χ1) is 11.7. The van der Waals surface area contributed by atoms with Crippen LogP contribution < -0.4 is 4.74 Å². The molecule has 0 radical (unpaired) electrons. The lowest BCUT2D eigenvalue weighted by molar-refractivity contribution is -0.163. The Morgan fingerprint density at radius 3 is 1.88 bits per heavy atom. The van der Waals surface area contributed by atoms with Crippen LogP contribution in [0.3, 0.4) is 0 Å². The zero-order valence-corrected chi connectivity index (χ0v) is 14.7. The molecule has 0 unspecified atom stereocenters. The first-order valence-electron chi connectivity index (χ1n) is 7.99. The van der Waals surface area contributed by atoms with Crippen molar-refractivity contribution in [1.82, 2.24) is 0 Å². The molecule has 0 fully saturated rings. The van der Waals surface area contributed by atoms with Crippen molar-refractivity contribution >= 4 is 11.8 Å². The van der Waals surface area contributed by atoms with Crippen molar-refractivity contribution in [2.24, 2.45) is 0 Å². The third kappa shape index (κ3) is 4.89. The van der Waals surface area contributed by atoms with E-state index >= 15 is 0 Å². The van der Waals surface area contributed by atoms with Crippen molar-refractivity contribution in [2.75, 3.05) is 0 Å². The Balaban J connectivity index is 2.10. The SMILES string of the molecule is CC(C)OC(=O)C(C)(C)Oc1ccc(C(=O)c2ccc(F)cc2)cc1. The summed E-state index contributed by atoms with van der Waals surface area (Å²) < 4.78 is 23.8. The van der Waals surface area contributed by atoms with Crippen LogP contribution in [0.25, 0.3) is 0 Å². The second-order valence-electron chi connectivity index (χ2n) is 6.43. The van der Waals surface area contributed by atoms with Crippen molar-refractivity contribution in [2.45, 2.75) is 39.4 Å². The second kappa shape index (κ2) is 7.47. The lowest BCUT2D eigenvalue weighted by Gasteiger charge is -2.25. The molecular formula is C20H21FO4. The highest BCUT2D eigenvalue weighted by Gasteiger charge is 2.32. The zero-order chi connectivity index (χ0) is 18.6. The Labute approximate surface area is 146 Å². The van der Waals surface area contributed by atoms with Gasteiger partial charge >= 0.3 is 5.97 Å². The van der Waals surface area contributed by atoms with E-state index in [1.807, 2.05) is 0 Å². The molecule has 0 saturated carbocycles. The van der Waals surface area contributed by atoms with Crippen LogP contribution in [0.2, 0.25) is 0 Å². The maximum Gasteiger partial charge on any atom is 0.350 e. The lowest BCUT2D eigenvalue weighted by atomic mass is 10.0. The fourth-order valence-electron chi connectivity index (χ4n) is 2.13. The zero-order valence-electron chi connectivity index (χ0n) is 14.7. The topological polar surface area (TPSA) is 52.6 Å². The average molecular weight is 344 g/mol.